The molecule has 126 valence electrons. The maximum Gasteiger partial charge on any atom is 0.264 e. The summed E-state index contributed by atoms with van der Waals surface area (Å²) in [6, 6.07) is 15.2. The van der Waals surface area contributed by atoms with E-state index in [9.17, 15) is 4.79 Å². The van der Waals surface area contributed by atoms with Crippen molar-refractivity contribution >= 4 is 29.3 Å². The summed E-state index contributed by atoms with van der Waals surface area (Å²) in [5.74, 6) is 2.83. The van der Waals surface area contributed by atoms with E-state index in [1.165, 1.54) is 5.56 Å². The number of carbonyl (C=O) groups excluding carboxylic acids is 1. The van der Waals surface area contributed by atoms with E-state index in [-0.39, 0.29) is 12.5 Å². The van der Waals surface area contributed by atoms with Crippen molar-refractivity contribution in [2.45, 2.75) is 11.9 Å². The van der Waals surface area contributed by atoms with Crippen molar-refractivity contribution in [1.29, 1.82) is 0 Å². The molecule has 3 rings (SSSR count). The molecule has 24 heavy (non-hydrogen) atoms. The van der Waals surface area contributed by atoms with Gasteiger partial charge in [-0.25, -0.2) is 0 Å². The molecule has 0 aromatic heterocycles. The van der Waals surface area contributed by atoms with Gasteiger partial charge in [0.05, 0.1) is 0 Å². The summed E-state index contributed by atoms with van der Waals surface area (Å²) in [6.45, 7) is 0.823. The monoisotopic (exact) mass is 363 g/mol. The Hall–Kier alpha value is -1.85. The number of para-hydroxylation sites is 2. The minimum Gasteiger partial charge on any atom is -0.485 e. The van der Waals surface area contributed by atoms with Gasteiger partial charge in [0.15, 0.2) is 11.5 Å². The van der Waals surface area contributed by atoms with Crippen LogP contribution in [0.15, 0.2) is 48.5 Å². The zero-order valence-corrected chi connectivity index (χ0v) is 14.6. The molecule has 0 fully saturated rings. The van der Waals surface area contributed by atoms with E-state index in [0.29, 0.717) is 18.0 Å². The average molecular weight is 364 g/mol. The first-order valence-electron chi connectivity index (χ1n) is 7.71. The van der Waals surface area contributed by atoms with E-state index in [0.717, 1.165) is 16.5 Å². The molecule has 2 aromatic carbocycles. The molecule has 0 saturated carbocycles. The molecule has 4 nitrogen and oxygen atoms in total. The largest absolute Gasteiger partial charge is 0.485 e. The minimum absolute atomic E-state index is 0.146. The van der Waals surface area contributed by atoms with Gasteiger partial charge in [-0.05, 0) is 29.8 Å². The highest BCUT2D eigenvalue weighted by Gasteiger charge is 2.26. The van der Waals surface area contributed by atoms with Crippen LogP contribution in [0.4, 0.5) is 0 Å². The quantitative estimate of drug-likeness (QED) is 0.797. The topological polar surface area (TPSA) is 47.6 Å². The molecule has 0 unspecified atom stereocenters. The molecule has 0 aliphatic carbocycles. The van der Waals surface area contributed by atoms with Gasteiger partial charge in [-0.1, -0.05) is 35.9 Å². The lowest BCUT2D eigenvalue weighted by Gasteiger charge is -2.25. The molecule has 0 bridgehead atoms. The summed E-state index contributed by atoms with van der Waals surface area (Å²) < 4.78 is 11.2. The summed E-state index contributed by atoms with van der Waals surface area (Å²) in [4.78, 5) is 12.1. The maximum atomic E-state index is 12.1. The van der Waals surface area contributed by atoms with Gasteiger partial charge in [0.25, 0.3) is 5.91 Å². The predicted molar refractivity (Wildman–Crippen MR) is 97.0 cm³/mol. The minimum atomic E-state index is -0.599. The van der Waals surface area contributed by atoms with Gasteiger partial charge in [0.2, 0.25) is 6.10 Å². The Morgan fingerprint density at radius 1 is 1.21 bits per heavy atom. The van der Waals surface area contributed by atoms with Crippen molar-refractivity contribution in [3.05, 3.63) is 59.1 Å². The van der Waals surface area contributed by atoms with Gasteiger partial charge in [-0.2, -0.15) is 11.8 Å². The fourth-order valence-electron chi connectivity index (χ4n) is 2.33. The summed E-state index contributed by atoms with van der Waals surface area (Å²) in [5.41, 5.74) is 1.18. The van der Waals surface area contributed by atoms with E-state index in [1.807, 2.05) is 42.5 Å². The zero-order valence-electron chi connectivity index (χ0n) is 13.0. The number of carbonyl (C=O) groups is 1. The number of hydrogen-bond acceptors (Lipinski definition) is 4. The van der Waals surface area contributed by atoms with Crippen LogP contribution < -0.4 is 14.8 Å². The normalized spacial score (nSPS) is 15.8. The van der Waals surface area contributed by atoms with E-state index in [1.54, 1.807) is 17.8 Å². The number of halogens is 1. The second kappa shape index (κ2) is 8.31. The summed E-state index contributed by atoms with van der Waals surface area (Å²) in [6.07, 6.45) is -0.599. The Kier molecular flexibility index (Phi) is 5.88. The van der Waals surface area contributed by atoms with Gasteiger partial charge in [-0.3, -0.25) is 4.79 Å². The molecular weight excluding hydrogens is 346 g/mol. The van der Waals surface area contributed by atoms with Crippen molar-refractivity contribution in [3.63, 3.8) is 0 Å². The van der Waals surface area contributed by atoms with Crippen molar-refractivity contribution in [2.24, 2.45) is 0 Å². The highest BCUT2D eigenvalue weighted by atomic mass is 35.5. The molecule has 2 aromatic rings. The number of fused-ring (bicyclic) bond motifs is 1. The lowest BCUT2D eigenvalue weighted by Crippen LogP contribution is -2.44. The molecule has 0 radical (unpaired) electrons. The summed E-state index contributed by atoms with van der Waals surface area (Å²) in [5, 5.41) is 3.64. The van der Waals surface area contributed by atoms with Gasteiger partial charge in [-0.15, -0.1) is 0 Å². The van der Waals surface area contributed by atoms with Crippen molar-refractivity contribution in [2.75, 3.05) is 18.9 Å². The van der Waals surface area contributed by atoms with Crippen LogP contribution >= 0.6 is 23.4 Å². The van der Waals surface area contributed by atoms with Crippen molar-refractivity contribution < 1.29 is 14.3 Å². The van der Waals surface area contributed by atoms with Crippen LogP contribution in [0.25, 0.3) is 0 Å². The zero-order chi connectivity index (χ0) is 16.8. The smallest absolute Gasteiger partial charge is 0.264 e. The van der Waals surface area contributed by atoms with Gasteiger partial charge < -0.3 is 14.8 Å². The van der Waals surface area contributed by atoms with Crippen LogP contribution in [0, 0.1) is 0 Å². The molecule has 1 atom stereocenters. The first-order chi connectivity index (χ1) is 11.7. The molecule has 0 spiro atoms. The molecule has 1 aliphatic heterocycles. The molecule has 1 aliphatic rings. The number of hydrogen-bond donors (Lipinski definition) is 1. The van der Waals surface area contributed by atoms with Crippen LogP contribution in [0.2, 0.25) is 5.02 Å². The fourth-order valence-corrected chi connectivity index (χ4v) is 3.34. The van der Waals surface area contributed by atoms with Crippen LogP contribution in [-0.2, 0) is 10.5 Å². The highest BCUT2D eigenvalue weighted by molar-refractivity contribution is 7.98. The summed E-state index contributed by atoms with van der Waals surface area (Å²) >= 11 is 7.70. The number of ether oxygens (including phenoxy) is 2. The molecule has 6 heteroatoms. The van der Waals surface area contributed by atoms with Crippen LogP contribution in [-0.4, -0.2) is 30.9 Å². The highest BCUT2D eigenvalue weighted by Crippen LogP contribution is 2.30. The van der Waals surface area contributed by atoms with Gasteiger partial charge in [0.1, 0.15) is 6.61 Å². The van der Waals surface area contributed by atoms with E-state index in [2.05, 4.69) is 5.32 Å². The molecule has 1 amide bonds. The van der Waals surface area contributed by atoms with Gasteiger partial charge in [0, 0.05) is 23.1 Å². The lowest BCUT2D eigenvalue weighted by atomic mass is 10.2. The Labute approximate surface area is 150 Å². The Bertz CT molecular complexity index is 710. The van der Waals surface area contributed by atoms with E-state index < -0.39 is 6.10 Å². The van der Waals surface area contributed by atoms with Crippen LogP contribution in [0.5, 0.6) is 11.5 Å². The number of thioether (sulfide) groups is 1. The third-order valence-corrected chi connectivity index (χ3v) is 4.77. The SMILES string of the molecule is O=C(NCCSCc1cccc(Cl)c1)[C@H]1COc2ccccc2O1. The number of benzene rings is 2. The third-order valence-electron chi connectivity index (χ3n) is 3.50. The number of rotatable bonds is 6. The third kappa shape index (κ3) is 4.58. The average Bonchev–Trinajstić information content (AvgIpc) is 2.61. The Morgan fingerprint density at radius 2 is 2.04 bits per heavy atom. The first kappa shape index (κ1) is 17.0. The second-order valence-electron chi connectivity index (χ2n) is 5.34. The Morgan fingerprint density at radius 3 is 2.88 bits per heavy atom. The standard InChI is InChI=1S/C18H18ClNO3S/c19-14-5-3-4-13(10-14)12-24-9-8-20-18(21)17-11-22-15-6-1-2-7-16(15)23-17/h1-7,10,17H,8-9,11-12H2,(H,20,21)/t17-/m1/s1. The van der Waals surface area contributed by atoms with Crippen LogP contribution in [0.1, 0.15) is 5.56 Å². The predicted octanol–water partition coefficient (Wildman–Crippen LogP) is 3.53. The lowest BCUT2D eigenvalue weighted by molar-refractivity contribution is -0.130. The molecule has 1 N–H and O–H groups in total. The number of nitrogens with one attached hydrogen (secondary N) is 1. The van der Waals surface area contributed by atoms with Crippen molar-refractivity contribution in [1.82, 2.24) is 5.32 Å². The second-order valence-corrected chi connectivity index (χ2v) is 6.88. The van der Waals surface area contributed by atoms with Crippen molar-refractivity contribution in [3.8, 4) is 11.5 Å². The summed E-state index contributed by atoms with van der Waals surface area (Å²) in [7, 11) is 0. The molecular formula is C18H18ClNO3S. The van der Waals surface area contributed by atoms with Gasteiger partial charge >= 0.3 is 0 Å². The van der Waals surface area contributed by atoms with Crippen LogP contribution in [0.3, 0.4) is 0 Å². The van der Waals surface area contributed by atoms with E-state index >= 15 is 0 Å². The fraction of sp³-hybridized carbons (Fsp3) is 0.278. The first-order valence-corrected chi connectivity index (χ1v) is 9.24. The Balaban J connectivity index is 1.37. The molecule has 1 heterocycles. The maximum absolute atomic E-state index is 12.1. The van der Waals surface area contributed by atoms with E-state index in [4.69, 9.17) is 21.1 Å². The number of amides is 1. The molecule has 0 saturated heterocycles.